The van der Waals surface area contributed by atoms with Crippen molar-refractivity contribution < 1.29 is 14.3 Å². The lowest BCUT2D eigenvalue weighted by Crippen LogP contribution is -2.63. The summed E-state index contributed by atoms with van der Waals surface area (Å²) in [6.45, 7) is 8.04. The fourth-order valence-corrected chi connectivity index (χ4v) is 2.56. The van der Waals surface area contributed by atoms with Gasteiger partial charge in [0.05, 0.1) is 0 Å². The first-order chi connectivity index (χ1) is 9.65. The van der Waals surface area contributed by atoms with E-state index in [2.05, 4.69) is 12.2 Å². The predicted molar refractivity (Wildman–Crippen MR) is 78.4 cm³/mol. The van der Waals surface area contributed by atoms with E-state index >= 15 is 0 Å². The molecule has 5 heteroatoms. The molecule has 1 aliphatic rings. The molecule has 1 aliphatic heterocycles. The van der Waals surface area contributed by atoms with Gasteiger partial charge in [0.2, 0.25) is 11.8 Å². The second-order valence-electron chi connectivity index (χ2n) is 5.27. The van der Waals surface area contributed by atoms with E-state index < -0.39 is 0 Å². The molecule has 0 radical (unpaired) electrons. The van der Waals surface area contributed by atoms with Crippen LogP contribution in [0.25, 0.3) is 0 Å². The van der Waals surface area contributed by atoms with E-state index in [1.807, 2.05) is 13.8 Å². The lowest BCUT2D eigenvalue weighted by atomic mass is 10.0. The summed E-state index contributed by atoms with van der Waals surface area (Å²) >= 11 is 0. The first kappa shape index (κ1) is 17.0. The molecular weight excluding hydrogens is 256 g/mol. The number of carbonyl (C=O) groups is 2. The minimum Gasteiger partial charge on any atom is -0.381 e. The molecule has 2 amide bonds. The number of nitrogens with zero attached hydrogens (tertiary/aromatic N) is 1. The zero-order chi connectivity index (χ0) is 15.0. The third-order valence-corrected chi connectivity index (χ3v) is 3.58. The summed E-state index contributed by atoms with van der Waals surface area (Å²) in [7, 11) is 0. The molecule has 1 rings (SSSR count). The summed E-state index contributed by atoms with van der Waals surface area (Å²) in [6, 6.07) is -0.659. The maximum atomic E-state index is 12.4. The SMILES string of the molecule is CCCOCCCN1C(=O)C(CCC)NC(=O)C1CC. The number of rotatable bonds is 9. The smallest absolute Gasteiger partial charge is 0.245 e. The molecule has 20 heavy (non-hydrogen) atoms. The Labute approximate surface area is 122 Å². The van der Waals surface area contributed by atoms with Gasteiger partial charge in [0.1, 0.15) is 12.1 Å². The van der Waals surface area contributed by atoms with E-state index in [9.17, 15) is 9.59 Å². The minimum absolute atomic E-state index is 0.0139. The molecule has 5 nitrogen and oxygen atoms in total. The Balaban J connectivity index is 2.56. The Kier molecular flexibility index (Phi) is 7.59. The number of amides is 2. The van der Waals surface area contributed by atoms with E-state index in [4.69, 9.17) is 4.74 Å². The molecule has 0 aromatic heterocycles. The van der Waals surface area contributed by atoms with Gasteiger partial charge in [-0.15, -0.1) is 0 Å². The Morgan fingerprint density at radius 3 is 2.50 bits per heavy atom. The molecule has 0 bridgehead atoms. The Hall–Kier alpha value is -1.10. The van der Waals surface area contributed by atoms with Crippen LogP contribution < -0.4 is 5.32 Å². The molecule has 116 valence electrons. The summed E-state index contributed by atoms with van der Waals surface area (Å²) in [6.07, 6.45) is 4.05. The first-order valence-electron chi connectivity index (χ1n) is 7.84. The highest BCUT2D eigenvalue weighted by Gasteiger charge is 2.38. The van der Waals surface area contributed by atoms with Crippen molar-refractivity contribution >= 4 is 11.8 Å². The van der Waals surface area contributed by atoms with Crippen molar-refractivity contribution in [3.63, 3.8) is 0 Å². The summed E-state index contributed by atoms with van der Waals surface area (Å²) in [5.41, 5.74) is 0. The maximum absolute atomic E-state index is 12.4. The molecule has 1 saturated heterocycles. The molecule has 0 aliphatic carbocycles. The topological polar surface area (TPSA) is 58.6 Å². The molecule has 2 unspecified atom stereocenters. The summed E-state index contributed by atoms with van der Waals surface area (Å²) in [5.74, 6) is 0.0498. The van der Waals surface area contributed by atoms with Crippen molar-refractivity contribution in [2.24, 2.45) is 0 Å². The molecule has 0 aromatic rings. The van der Waals surface area contributed by atoms with E-state index in [0.717, 1.165) is 25.9 Å². The fraction of sp³-hybridized carbons (Fsp3) is 0.867. The van der Waals surface area contributed by atoms with Crippen molar-refractivity contribution in [3.05, 3.63) is 0 Å². The Morgan fingerprint density at radius 1 is 1.15 bits per heavy atom. The average Bonchev–Trinajstić information content (AvgIpc) is 2.43. The second-order valence-corrected chi connectivity index (χ2v) is 5.27. The Morgan fingerprint density at radius 2 is 1.90 bits per heavy atom. The maximum Gasteiger partial charge on any atom is 0.245 e. The van der Waals surface area contributed by atoms with E-state index in [1.165, 1.54) is 0 Å². The normalized spacial score (nSPS) is 23.1. The van der Waals surface area contributed by atoms with Crippen LogP contribution >= 0.6 is 0 Å². The van der Waals surface area contributed by atoms with Gasteiger partial charge in [-0.25, -0.2) is 0 Å². The van der Waals surface area contributed by atoms with Gasteiger partial charge in [-0.05, 0) is 25.7 Å². The van der Waals surface area contributed by atoms with Gasteiger partial charge < -0.3 is 15.0 Å². The lowest BCUT2D eigenvalue weighted by molar-refractivity contribution is -0.149. The summed E-state index contributed by atoms with van der Waals surface area (Å²) in [4.78, 5) is 26.2. The molecule has 1 N–H and O–H groups in total. The largest absolute Gasteiger partial charge is 0.381 e. The Bertz CT molecular complexity index is 320. The zero-order valence-corrected chi connectivity index (χ0v) is 13.0. The van der Waals surface area contributed by atoms with Gasteiger partial charge >= 0.3 is 0 Å². The van der Waals surface area contributed by atoms with Crippen molar-refractivity contribution in [2.75, 3.05) is 19.8 Å². The number of carbonyl (C=O) groups excluding carboxylic acids is 2. The molecule has 2 atom stereocenters. The summed E-state index contributed by atoms with van der Waals surface area (Å²) in [5, 5.41) is 2.85. The third kappa shape index (κ3) is 4.47. The van der Waals surface area contributed by atoms with Crippen LogP contribution in [0.4, 0.5) is 0 Å². The molecule has 0 aromatic carbocycles. The van der Waals surface area contributed by atoms with Crippen LogP contribution in [0.15, 0.2) is 0 Å². The number of piperazine rings is 1. The number of ether oxygens (including phenoxy) is 1. The van der Waals surface area contributed by atoms with Gasteiger partial charge in [0, 0.05) is 19.8 Å². The highest BCUT2D eigenvalue weighted by Crippen LogP contribution is 2.16. The summed E-state index contributed by atoms with van der Waals surface area (Å²) < 4.78 is 5.44. The number of hydrogen-bond donors (Lipinski definition) is 1. The molecule has 0 spiro atoms. The van der Waals surface area contributed by atoms with Crippen LogP contribution in [0.3, 0.4) is 0 Å². The van der Waals surface area contributed by atoms with Crippen molar-refractivity contribution in [1.29, 1.82) is 0 Å². The predicted octanol–water partition coefficient (Wildman–Crippen LogP) is 1.71. The molecular formula is C15H28N2O3. The molecule has 0 saturated carbocycles. The van der Waals surface area contributed by atoms with Crippen LogP contribution in [-0.4, -0.2) is 48.6 Å². The standard InChI is InChI=1S/C15H28N2O3/c1-4-8-12-15(19)17(9-7-11-20-10-5-2)13(6-3)14(18)16-12/h12-13H,4-11H2,1-3H3,(H,16,18). The van der Waals surface area contributed by atoms with Crippen LogP contribution in [0.1, 0.15) is 52.9 Å². The monoisotopic (exact) mass is 284 g/mol. The van der Waals surface area contributed by atoms with E-state index in [1.54, 1.807) is 4.90 Å². The van der Waals surface area contributed by atoms with Gasteiger partial charge in [-0.1, -0.05) is 27.2 Å². The number of nitrogens with one attached hydrogen (secondary N) is 1. The van der Waals surface area contributed by atoms with Gasteiger partial charge in [-0.3, -0.25) is 9.59 Å². The quantitative estimate of drug-likeness (QED) is 0.656. The molecule has 1 fully saturated rings. The van der Waals surface area contributed by atoms with Crippen LogP contribution in [0.2, 0.25) is 0 Å². The van der Waals surface area contributed by atoms with Gasteiger partial charge in [0.25, 0.3) is 0 Å². The van der Waals surface area contributed by atoms with Crippen molar-refractivity contribution in [2.45, 2.75) is 65.0 Å². The highest BCUT2D eigenvalue weighted by atomic mass is 16.5. The third-order valence-electron chi connectivity index (χ3n) is 3.58. The fourth-order valence-electron chi connectivity index (χ4n) is 2.56. The lowest BCUT2D eigenvalue weighted by Gasteiger charge is -2.38. The number of hydrogen-bond acceptors (Lipinski definition) is 3. The first-order valence-corrected chi connectivity index (χ1v) is 7.84. The highest BCUT2D eigenvalue weighted by molar-refractivity contribution is 5.96. The van der Waals surface area contributed by atoms with Crippen LogP contribution in [-0.2, 0) is 14.3 Å². The van der Waals surface area contributed by atoms with Crippen molar-refractivity contribution in [1.82, 2.24) is 10.2 Å². The average molecular weight is 284 g/mol. The van der Waals surface area contributed by atoms with Crippen LogP contribution in [0.5, 0.6) is 0 Å². The second kappa shape index (κ2) is 8.95. The van der Waals surface area contributed by atoms with E-state index in [0.29, 0.717) is 26.0 Å². The minimum atomic E-state index is -0.341. The van der Waals surface area contributed by atoms with Crippen molar-refractivity contribution in [3.8, 4) is 0 Å². The van der Waals surface area contributed by atoms with E-state index in [-0.39, 0.29) is 23.9 Å². The van der Waals surface area contributed by atoms with Gasteiger partial charge in [0.15, 0.2) is 0 Å². The van der Waals surface area contributed by atoms with Gasteiger partial charge in [-0.2, -0.15) is 0 Å². The zero-order valence-electron chi connectivity index (χ0n) is 13.0. The molecule has 1 heterocycles. The van der Waals surface area contributed by atoms with Crippen LogP contribution in [0, 0.1) is 0 Å².